The van der Waals surface area contributed by atoms with E-state index in [-0.39, 0.29) is 10.9 Å². The zero-order valence-electron chi connectivity index (χ0n) is 17.1. The van der Waals surface area contributed by atoms with Crippen molar-refractivity contribution in [2.45, 2.75) is 41.8 Å². The first-order valence-corrected chi connectivity index (χ1v) is 12.2. The molecule has 0 radical (unpaired) electrons. The highest BCUT2D eigenvalue weighted by molar-refractivity contribution is 7.99. The number of hydrogen-bond acceptors (Lipinski definition) is 5. The number of aliphatic carboxylic acids is 1. The minimum atomic E-state index is -4.53. The van der Waals surface area contributed by atoms with Crippen molar-refractivity contribution in [3.05, 3.63) is 53.6 Å². The summed E-state index contributed by atoms with van der Waals surface area (Å²) < 4.78 is 70.9. The molecule has 1 N–H and O–H groups in total. The van der Waals surface area contributed by atoms with Gasteiger partial charge in [-0.1, -0.05) is 0 Å². The first-order valence-electron chi connectivity index (χ1n) is 9.75. The molecule has 2 aromatic rings. The predicted molar refractivity (Wildman–Crippen MR) is 113 cm³/mol. The third kappa shape index (κ3) is 5.76. The van der Waals surface area contributed by atoms with E-state index in [1.54, 1.807) is 19.1 Å². The van der Waals surface area contributed by atoms with Crippen LogP contribution in [0, 0.1) is 6.92 Å². The van der Waals surface area contributed by atoms with Crippen LogP contribution in [0.4, 0.5) is 13.2 Å². The van der Waals surface area contributed by atoms with Crippen LogP contribution < -0.4 is 4.74 Å². The second-order valence-electron chi connectivity index (χ2n) is 7.35. The number of ether oxygens (including phenoxy) is 1. The lowest BCUT2D eigenvalue weighted by Crippen LogP contribution is -2.37. The van der Waals surface area contributed by atoms with E-state index in [2.05, 4.69) is 0 Å². The van der Waals surface area contributed by atoms with Gasteiger partial charge >= 0.3 is 12.1 Å². The topological polar surface area (TPSA) is 83.9 Å². The smallest absolute Gasteiger partial charge is 0.416 e. The summed E-state index contributed by atoms with van der Waals surface area (Å²) >= 11 is 1.46. The minimum Gasteiger partial charge on any atom is -0.482 e. The van der Waals surface area contributed by atoms with Gasteiger partial charge in [0, 0.05) is 23.2 Å². The number of aryl methyl sites for hydroxylation is 1. The molecule has 3 rings (SSSR count). The number of rotatable bonds is 8. The average molecular weight is 490 g/mol. The van der Waals surface area contributed by atoms with E-state index in [0.717, 1.165) is 34.7 Å². The first kappa shape index (κ1) is 24.4. The summed E-state index contributed by atoms with van der Waals surface area (Å²) in [6.07, 6.45) is -3.20. The second kappa shape index (κ2) is 9.72. The van der Waals surface area contributed by atoms with E-state index >= 15 is 0 Å². The number of nitrogens with zero attached hydrogens (tertiary/aromatic N) is 1. The predicted octanol–water partition coefficient (Wildman–Crippen LogP) is 4.42. The third-order valence-electron chi connectivity index (χ3n) is 5.05. The Hall–Kier alpha value is -2.24. The number of alkyl halides is 3. The molecule has 1 aliphatic heterocycles. The summed E-state index contributed by atoms with van der Waals surface area (Å²) in [7, 11) is -3.91. The van der Waals surface area contributed by atoms with Crippen LogP contribution in [-0.2, 0) is 21.0 Å². The molecule has 1 unspecified atom stereocenters. The molecular weight excluding hydrogens is 467 g/mol. The summed E-state index contributed by atoms with van der Waals surface area (Å²) in [4.78, 5) is 11.4. The maximum absolute atomic E-state index is 13.0. The van der Waals surface area contributed by atoms with Gasteiger partial charge in [0.1, 0.15) is 5.75 Å². The third-order valence-corrected chi connectivity index (χ3v) is 8.16. The van der Waals surface area contributed by atoms with E-state index in [4.69, 9.17) is 9.84 Å². The Kier molecular flexibility index (Phi) is 7.41. The molecule has 174 valence electrons. The maximum Gasteiger partial charge on any atom is 0.416 e. The molecule has 1 saturated heterocycles. The van der Waals surface area contributed by atoms with Gasteiger partial charge in [0.15, 0.2) is 6.61 Å². The fourth-order valence-corrected chi connectivity index (χ4v) is 6.39. The number of benzene rings is 2. The standard InChI is InChI=1S/C21H22F3NO5S2/c1-14-11-17(6-9-19(14)30-12-20(26)27)31-13-16-3-2-10-25(16)32(28,29)18-7-4-15(5-8-18)21(22,23)24/h4-9,11,16H,2-3,10,12-13H2,1H3,(H,26,27). The van der Waals surface area contributed by atoms with Crippen molar-refractivity contribution in [3.8, 4) is 5.75 Å². The van der Waals surface area contributed by atoms with E-state index in [0.29, 0.717) is 30.9 Å². The van der Waals surface area contributed by atoms with E-state index in [9.17, 15) is 26.4 Å². The van der Waals surface area contributed by atoms with Crippen molar-refractivity contribution < 1.29 is 36.2 Å². The highest BCUT2D eigenvalue weighted by atomic mass is 32.2. The molecule has 6 nitrogen and oxygen atoms in total. The number of carboxylic acids is 1. The van der Waals surface area contributed by atoms with Crippen molar-refractivity contribution in [1.29, 1.82) is 0 Å². The SMILES string of the molecule is Cc1cc(SCC2CCCN2S(=O)(=O)c2ccc(C(F)(F)F)cc2)ccc1OCC(=O)O. The van der Waals surface area contributed by atoms with Crippen LogP contribution in [0.2, 0.25) is 0 Å². The molecule has 0 aromatic heterocycles. The highest BCUT2D eigenvalue weighted by Crippen LogP contribution is 2.34. The molecule has 1 aliphatic rings. The summed E-state index contributed by atoms with van der Waals surface area (Å²) in [5, 5.41) is 8.72. The molecule has 0 saturated carbocycles. The molecule has 1 atom stereocenters. The van der Waals surface area contributed by atoms with Crippen LogP contribution in [0.5, 0.6) is 5.75 Å². The normalized spacial score (nSPS) is 17.4. The van der Waals surface area contributed by atoms with E-state index < -0.39 is 34.3 Å². The molecule has 32 heavy (non-hydrogen) atoms. The Labute approximate surface area is 188 Å². The monoisotopic (exact) mass is 489 g/mol. The van der Waals surface area contributed by atoms with Gasteiger partial charge in [-0.25, -0.2) is 13.2 Å². The molecule has 1 fully saturated rings. The van der Waals surface area contributed by atoms with Crippen LogP contribution in [-0.4, -0.2) is 48.7 Å². The van der Waals surface area contributed by atoms with Gasteiger partial charge in [-0.2, -0.15) is 17.5 Å². The Morgan fingerprint density at radius 1 is 1.22 bits per heavy atom. The summed E-state index contributed by atoms with van der Waals surface area (Å²) in [5.41, 5.74) is -0.131. The Morgan fingerprint density at radius 2 is 1.91 bits per heavy atom. The number of sulfonamides is 1. The van der Waals surface area contributed by atoms with Gasteiger partial charge < -0.3 is 9.84 Å². The van der Waals surface area contributed by atoms with Crippen molar-refractivity contribution in [3.63, 3.8) is 0 Å². The van der Waals surface area contributed by atoms with Crippen LogP contribution in [0.25, 0.3) is 0 Å². The largest absolute Gasteiger partial charge is 0.482 e. The van der Waals surface area contributed by atoms with Gasteiger partial charge in [-0.05, 0) is 67.8 Å². The summed E-state index contributed by atoms with van der Waals surface area (Å²) in [6, 6.07) is 8.57. The average Bonchev–Trinajstić information content (AvgIpc) is 3.20. The molecule has 11 heteroatoms. The van der Waals surface area contributed by atoms with Crippen LogP contribution in [0.3, 0.4) is 0 Å². The van der Waals surface area contributed by atoms with Gasteiger partial charge in [-0.3, -0.25) is 0 Å². The number of hydrogen-bond donors (Lipinski definition) is 1. The highest BCUT2D eigenvalue weighted by Gasteiger charge is 2.36. The minimum absolute atomic E-state index is 0.154. The number of carbonyl (C=O) groups is 1. The molecule has 2 aromatic carbocycles. The lowest BCUT2D eigenvalue weighted by molar-refractivity contribution is -0.139. The Bertz CT molecular complexity index is 1070. The van der Waals surface area contributed by atoms with E-state index in [1.165, 1.54) is 16.1 Å². The molecule has 0 aliphatic carbocycles. The molecule has 0 amide bonds. The zero-order valence-corrected chi connectivity index (χ0v) is 18.8. The van der Waals surface area contributed by atoms with Gasteiger partial charge in [0.2, 0.25) is 10.0 Å². The summed E-state index contributed by atoms with van der Waals surface area (Å²) in [6.45, 7) is 1.67. The molecule has 0 spiro atoms. The lowest BCUT2D eigenvalue weighted by Gasteiger charge is -2.24. The lowest BCUT2D eigenvalue weighted by atomic mass is 10.2. The Morgan fingerprint density at radius 3 is 2.50 bits per heavy atom. The Balaban J connectivity index is 1.68. The van der Waals surface area contributed by atoms with Crippen molar-refractivity contribution in [2.24, 2.45) is 0 Å². The second-order valence-corrected chi connectivity index (χ2v) is 10.3. The maximum atomic E-state index is 13.0. The number of thioether (sulfide) groups is 1. The van der Waals surface area contributed by atoms with Crippen LogP contribution >= 0.6 is 11.8 Å². The first-order chi connectivity index (χ1) is 15.0. The van der Waals surface area contributed by atoms with Gasteiger partial charge in [-0.15, -0.1) is 11.8 Å². The van der Waals surface area contributed by atoms with Crippen LogP contribution in [0.15, 0.2) is 52.3 Å². The quantitative estimate of drug-likeness (QED) is 0.553. The fourth-order valence-electron chi connectivity index (χ4n) is 3.45. The zero-order chi connectivity index (χ0) is 23.5. The van der Waals surface area contributed by atoms with Crippen molar-refractivity contribution >= 4 is 27.8 Å². The van der Waals surface area contributed by atoms with Gasteiger partial charge in [0.05, 0.1) is 10.5 Å². The van der Waals surface area contributed by atoms with Crippen molar-refractivity contribution in [2.75, 3.05) is 18.9 Å². The fraction of sp³-hybridized carbons (Fsp3) is 0.381. The number of carboxylic acid groups (broad SMARTS) is 1. The molecule has 1 heterocycles. The van der Waals surface area contributed by atoms with Crippen LogP contribution in [0.1, 0.15) is 24.0 Å². The summed E-state index contributed by atoms with van der Waals surface area (Å²) in [5.74, 6) is -0.128. The number of halogens is 3. The van der Waals surface area contributed by atoms with Crippen molar-refractivity contribution in [1.82, 2.24) is 4.31 Å². The van der Waals surface area contributed by atoms with Gasteiger partial charge in [0.25, 0.3) is 0 Å². The molecular formula is C21H22F3NO5S2. The molecule has 0 bridgehead atoms. The van der Waals surface area contributed by atoms with E-state index in [1.807, 2.05) is 6.07 Å².